The van der Waals surface area contributed by atoms with Crippen molar-refractivity contribution in [3.8, 4) is 18.1 Å². The van der Waals surface area contributed by atoms with Crippen LogP contribution in [0.25, 0.3) is 11.0 Å². The number of esters is 1. The third-order valence-corrected chi connectivity index (χ3v) is 2.26. The molecule has 0 bridgehead atoms. The van der Waals surface area contributed by atoms with Gasteiger partial charge in [-0.1, -0.05) is 0 Å². The summed E-state index contributed by atoms with van der Waals surface area (Å²) in [6.07, 6.45) is 4.84. The summed E-state index contributed by atoms with van der Waals surface area (Å²) in [5.74, 6) is -0.681. The van der Waals surface area contributed by atoms with Gasteiger partial charge in [0.15, 0.2) is 0 Å². The van der Waals surface area contributed by atoms with E-state index in [1.807, 2.05) is 0 Å². The maximum absolute atomic E-state index is 11.3. The number of ether oxygens (including phenoxy) is 1. The molecule has 0 aliphatic heterocycles. The van der Waals surface area contributed by atoms with Crippen LogP contribution >= 0.6 is 0 Å². The molecule has 1 aromatic heterocycles. The molecule has 0 spiro atoms. The normalized spacial score (nSPS) is 9.84. The van der Waals surface area contributed by atoms with Crippen LogP contribution in [0.4, 0.5) is 0 Å². The standard InChI is InChI=1S/C13H6O6/c1-2-11(14)18-8-4-3-7-5-9(12(15)16)13(17)19-10(7)6-8/h1,3-6H,(H,15,16)/p-1. The Balaban J connectivity index is 2.54. The predicted molar refractivity (Wildman–Crippen MR) is 61.3 cm³/mol. The van der Waals surface area contributed by atoms with Crippen molar-refractivity contribution < 1.29 is 23.8 Å². The first-order valence-corrected chi connectivity index (χ1v) is 4.99. The molecule has 1 heterocycles. The Morgan fingerprint density at radius 1 is 1.32 bits per heavy atom. The average molecular weight is 257 g/mol. The Hall–Kier alpha value is -3.07. The lowest BCUT2D eigenvalue weighted by atomic mass is 10.2. The molecule has 0 unspecified atom stereocenters. The highest BCUT2D eigenvalue weighted by Crippen LogP contribution is 2.20. The summed E-state index contributed by atoms with van der Waals surface area (Å²) in [6.45, 7) is 0. The topological polar surface area (TPSA) is 96.6 Å². The third kappa shape index (κ3) is 2.45. The minimum atomic E-state index is -1.63. The molecule has 0 saturated heterocycles. The van der Waals surface area contributed by atoms with Gasteiger partial charge in [0.05, 0.1) is 11.5 Å². The van der Waals surface area contributed by atoms with Gasteiger partial charge in [-0.3, -0.25) is 0 Å². The van der Waals surface area contributed by atoms with Gasteiger partial charge in [-0.25, -0.2) is 9.59 Å². The second-order valence-corrected chi connectivity index (χ2v) is 3.47. The van der Waals surface area contributed by atoms with Crippen LogP contribution in [0, 0.1) is 12.3 Å². The van der Waals surface area contributed by atoms with Crippen molar-refractivity contribution in [2.45, 2.75) is 0 Å². The number of carboxylic acids is 1. The van der Waals surface area contributed by atoms with Gasteiger partial charge in [0.25, 0.3) is 0 Å². The highest BCUT2D eigenvalue weighted by atomic mass is 16.5. The molecule has 19 heavy (non-hydrogen) atoms. The zero-order valence-electron chi connectivity index (χ0n) is 9.34. The molecule has 0 amide bonds. The van der Waals surface area contributed by atoms with E-state index >= 15 is 0 Å². The van der Waals surface area contributed by atoms with Crippen molar-refractivity contribution >= 4 is 22.9 Å². The van der Waals surface area contributed by atoms with E-state index in [9.17, 15) is 19.5 Å². The van der Waals surface area contributed by atoms with Crippen molar-refractivity contribution in [1.82, 2.24) is 0 Å². The Morgan fingerprint density at radius 2 is 2.05 bits per heavy atom. The molecule has 1 aromatic carbocycles. The molecule has 0 N–H and O–H groups in total. The number of fused-ring (bicyclic) bond motifs is 1. The first-order chi connectivity index (χ1) is 9.01. The van der Waals surface area contributed by atoms with Crippen LogP contribution in [0.15, 0.2) is 33.5 Å². The average Bonchev–Trinajstić information content (AvgIpc) is 2.37. The molecule has 94 valence electrons. The van der Waals surface area contributed by atoms with Gasteiger partial charge in [0.2, 0.25) is 0 Å². The lowest BCUT2D eigenvalue weighted by molar-refractivity contribution is -0.255. The summed E-state index contributed by atoms with van der Waals surface area (Å²) in [6, 6.07) is 5.18. The second kappa shape index (κ2) is 4.66. The zero-order valence-corrected chi connectivity index (χ0v) is 9.34. The van der Waals surface area contributed by atoms with Crippen molar-refractivity contribution in [2.24, 2.45) is 0 Å². The number of benzene rings is 1. The molecule has 2 aromatic rings. The van der Waals surface area contributed by atoms with E-state index in [4.69, 9.17) is 15.6 Å². The molecule has 6 nitrogen and oxygen atoms in total. The fourth-order valence-corrected chi connectivity index (χ4v) is 1.43. The Labute approximate surface area is 106 Å². The van der Waals surface area contributed by atoms with Crippen molar-refractivity contribution in [1.29, 1.82) is 0 Å². The van der Waals surface area contributed by atoms with Gasteiger partial charge in [-0.05, 0) is 18.2 Å². The lowest BCUT2D eigenvalue weighted by Gasteiger charge is -2.04. The quantitative estimate of drug-likeness (QED) is 0.241. The van der Waals surface area contributed by atoms with Gasteiger partial charge in [-0.2, -0.15) is 0 Å². The van der Waals surface area contributed by atoms with Crippen LogP contribution < -0.4 is 15.5 Å². The van der Waals surface area contributed by atoms with Crippen LogP contribution in [0.1, 0.15) is 10.4 Å². The van der Waals surface area contributed by atoms with Gasteiger partial charge in [0.1, 0.15) is 11.3 Å². The minimum Gasteiger partial charge on any atom is -0.545 e. The lowest BCUT2D eigenvalue weighted by Crippen LogP contribution is -2.28. The Morgan fingerprint density at radius 3 is 2.68 bits per heavy atom. The number of carbonyl (C=O) groups excluding carboxylic acids is 2. The molecule has 6 heteroatoms. The van der Waals surface area contributed by atoms with E-state index in [-0.39, 0.29) is 11.3 Å². The van der Waals surface area contributed by atoms with Gasteiger partial charge in [-0.15, -0.1) is 6.42 Å². The zero-order chi connectivity index (χ0) is 14.0. The summed E-state index contributed by atoms with van der Waals surface area (Å²) in [4.78, 5) is 32.9. The number of rotatable bonds is 2. The molecule has 0 atom stereocenters. The van der Waals surface area contributed by atoms with Crippen molar-refractivity contribution in [2.75, 3.05) is 0 Å². The van der Waals surface area contributed by atoms with Crippen molar-refractivity contribution in [3.63, 3.8) is 0 Å². The van der Waals surface area contributed by atoms with Crippen LogP contribution in [0.5, 0.6) is 5.75 Å². The number of aromatic carboxylic acids is 1. The molecule has 0 fully saturated rings. The van der Waals surface area contributed by atoms with Crippen LogP contribution in [0.3, 0.4) is 0 Å². The van der Waals surface area contributed by atoms with Crippen LogP contribution in [-0.4, -0.2) is 11.9 Å². The highest BCUT2D eigenvalue weighted by Gasteiger charge is 2.08. The maximum atomic E-state index is 11.3. The summed E-state index contributed by atoms with van der Waals surface area (Å²) >= 11 is 0. The van der Waals surface area contributed by atoms with E-state index in [2.05, 4.69) is 0 Å². The van der Waals surface area contributed by atoms with E-state index in [1.165, 1.54) is 18.2 Å². The summed E-state index contributed by atoms with van der Waals surface area (Å²) < 4.78 is 9.51. The first kappa shape index (κ1) is 12.4. The summed E-state index contributed by atoms with van der Waals surface area (Å²) in [7, 11) is 0. The first-order valence-electron chi connectivity index (χ1n) is 4.99. The highest BCUT2D eigenvalue weighted by molar-refractivity contribution is 5.92. The van der Waals surface area contributed by atoms with E-state index < -0.39 is 23.1 Å². The van der Waals surface area contributed by atoms with Gasteiger partial charge >= 0.3 is 11.6 Å². The maximum Gasteiger partial charge on any atom is 0.389 e. The minimum absolute atomic E-state index is 0.0670. The Kier molecular flexibility index (Phi) is 3.04. The number of carbonyl (C=O) groups is 2. The van der Waals surface area contributed by atoms with Gasteiger partial charge in [0, 0.05) is 17.4 Å². The number of carboxylic acid groups (broad SMARTS) is 1. The number of hydrogen-bond donors (Lipinski definition) is 0. The van der Waals surface area contributed by atoms with Crippen LogP contribution in [-0.2, 0) is 4.79 Å². The number of hydrogen-bond acceptors (Lipinski definition) is 6. The molecule has 0 aliphatic carbocycles. The van der Waals surface area contributed by atoms with E-state index in [0.717, 1.165) is 6.07 Å². The molecular weight excluding hydrogens is 252 g/mol. The molecular formula is C13H5O6-. The largest absolute Gasteiger partial charge is 0.545 e. The van der Waals surface area contributed by atoms with E-state index in [0.29, 0.717) is 5.39 Å². The molecule has 0 radical (unpaired) electrons. The fourth-order valence-electron chi connectivity index (χ4n) is 1.43. The summed E-state index contributed by atoms with van der Waals surface area (Å²) in [5.41, 5.74) is -1.56. The van der Waals surface area contributed by atoms with Crippen molar-refractivity contribution in [3.05, 3.63) is 40.2 Å². The SMILES string of the molecule is C#CC(=O)Oc1ccc2cc(C(=O)[O-])c(=O)oc2c1. The summed E-state index contributed by atoms with van der Waals surface area (Å²) in [5, 5.41) is 11.0. The molecule has 0 aliphatic rings. The smallest absolute Gasteiger partial charge is 0.389 e. The van der Waals surface area contributed by atoms with E-state index in [1.54, 1.807) is 5.92 Å². The number of terminal acetylenes is 1. The predicted octanol–water partition coefficient (Wildman–Crippen LogP) is -0.305. The second-order valence-electron chi connectivity index (χ2n) is 3.47. The fraction of sp³-hybridized carbons (Fsp3) is 0. The Bertz CT molecular complexity index is 778. The van der Waals surface area contributed by atoms with Gasteiger partial charge < -0.3 is 19.1 Å². The van der Waals surface area contributed by atoms with Crippen LogP contribution in [0.2, 0.25) is 0 Å². The third-order valence-electron chi connectivity index (χ3n) is 2.26. The molecule has 2 rings (SSSR count). The molecule has 0 saturated carbocycles. The monoisotopic (exact) mass is 257 g/mol.